The fraction of sp³-hybridized carbons (Fsp3) is 0.818. The van der Waals surface area contributed by atoms with Crippen LogP contribution in [0.3, 0.4) is 0 Å². The van der Waals surface area contributed by atoms with Gasteiger partial charge in [0.1, 0.15) is 0 Å². The monoisotopic (exact) mass is 250 g/mol. The summed E-state index contributed by atoms with van der Waals surface area (Å²) in [5, 5.41) is 17.8. The maximum Gasteiger partial charge on any atom is 0.337 e. The van der Waals surface area contributed by atoms with Gasteiger partial charge in [0, 0.05) is 0 Å². The molecule has 0 amide bonds. The van der Waals surface area contributed by atoms with Crippen molar-refractivity contribution in [3.63, 3.8) is 0 Å². The van der Waals surface area contributed by atoms with E-state index in [0.717, 1.165) is 0 Å². The van der Waals surface area contributed by atoms with Crippen LogP contribution in [-0.4, -0.2) is 47.1 Å². The number of aliphatic hydroxyl groups is 2. The molecular weight excluding hydrogens is 228 g/mol. The van der Waals surface area contributed by atoms with Gasteiger partial charge in [-0.05, 0) is 34.6 Å². The SMILES string of the molecule is CCOC(=O)C(C)(C)O.COC(=O)C(C)(C)O. The molecule has 2 N–H and O–H groups in total. The van der Waals surface area contributed by atoms with Crippen LogP contribution in [0.4, 0.5) is 0 Å². The lowest BCUT2D eigenvalue weighted by atomic mass is 10.1. The van der Waals surface area contributed by atoms with Crippen LogP contribution in [0.1, 0.15) is 34.6 Å². The summed E-state index contributed by atoms with van der Waals surface area (Å²) in [5.41, 5.74) is -2.70. The van der Waals surface area contributed by atoms with E-state index >= 15 is 0 Å². The highest BCUT2D eigenvalue weighted by molar-refractivity contribution is 5.78. The van der Waals surface area contributed by atoms with Gasteiger partial charge in [-0.1, -0.05) is 0 Å². The van der Waals surface area contributed by atoms with Crippen molar-refractivity contribution in [3.8, 4) is 0 Å². The first-order chi connectivity index (χ1) is 7.46. The average molecular weight is 250 g/mol. The van der Waals surface area contributed by atoms with Crippen LogP contribution in [0.5, 0.6) is 0 Å². The van der Waals surface area contributed by atoms with Crippen LogP contribution >= 0.6 is 0 Å². The van der Waals surface area contributed by atoms with Crippen molar-refractivity contribution in [1.29, 1.82) is 0 Å². The quantitative estimate of drug-likeness (QED) is 0.697. The smallest absolute Gasteiger partial charge is 0.337 e. The molecular formula is C11H22O6. The van der Waals surface area contributed by atoms with Gasteiger partial charge < -0.3 is 19.7 Å². The Labute approximate surface area is 102 Å². The summed E-state index contributed by atoms with van der Waals surface area (Å²) >= 11 is 0. The minimum absolute atomic E-state index is 0.308. The van der Waals surface area contributed by atoms with Gasteiger partial charge in [-0.25, -0.2) is 9.59 Å². The maximum absolute atomic E-state index is 10.6. The number of methoxy groups -OCH3 is 1. The summed E-state index contributed by atoms with van der Waals surface area (Å²) in [6, 6.07) is 0. The van der Waals surface area contributed by atoms with Gasteiger partial charge in [-0.3, -0.25) is 0 Å². The number of ether oxygens (including phenoxy) is 2. The Kier molecular flexibility index (Phi) is 7.76. The van der Waals surface area contributed by atoms with E-state index in [-0.39, 0.29) is 0 Å². The number of hydrogen-bond donors (Lipinski definition) is 2. The second-order valence-corrected chi connectivity index (χ2v) is 4.33. The standard InChI is InChI=1S/C6H12O3.C5H10O3/c1-4-9-5(7)6(2,3)8;1-5(2,7)4(6)8-3/h8H,4H2,1-3H3;7H,1-3H3. The van der Waals surface area contributed by atoms with E-state index in [1.54, 1.807) is 6.92 Å². The largest absolute Gasteiger partial charge is 0.467 e. The van der Waals surface area contributed by atoms with E-state index in [2.05, 4.69) is 9.47 Å². The molecule has 0 aliphatic carbocycles. The number of hydrogen-bond acceptors (Lipinski definition) is 6. The highest BCUT2D eigenvalue weighted by atomic mass is 16.5. The van der Waals surface area contributed by atoms with Gasteiger partial charge in [0.2, 0.25) is 0 Å². The maximum atomic E-state index is 10.6. The van der Waals surface area contributed by atoms with Crippen LogP contribution in [0, 0.1) is 0 Å². The predicted octanol–water partition coefficient (Wildman–Crippen LogP) is 0.251. The van der Waals surface area contributed by atoms with Gasteiger partial charge in [-0.15, -0.1) is 0 Å². The zero-order valence-electron chi connectivity index (χ0n) is 11.2. The second kappa shape index (κ2) is 7.24. The lowest BCUT2D eigenvalue weighted by Gasteiger charge is -2.13. The van der Waals surface area contributed by atoms with E-state index in [9.17, 15) is 9.59 Å². The molecule has 0 fully saturated rings. The fourth-order valence-electron chi connectivity index (χ4n) is 0.557. The number of esters is 2. The molecule has 102 valence electrons. The highest BCUT2D eigenvalue weighted by Gasteiger charge is 2.24. The van der Waals surface area contributed by atoms with Gasteiger partial charge in [0.25, 0.3) is 0 Å². The Balaban J connectivity index is 0. The summed E-state index contributed by atoms with van der Waals surface area (Å²) in [7, 11) is 1.24. The molecule has 17 heavy (non-hydrogen) atoms. The third-order valence-corrected chi connectivity index (χ3v) is 1.46. The third kappa shape index (κ3) is 9.77. The molecule has 0 bridgehead atoms. The summed E-state index contributed by atoms with van der Waals surface area (Å²) < 4.78 is 8.74. The molecule has 6 nitrogen and oxygen atoms in total. The second-order valence-electron chi connectivity index (χ2n) is 4.33. The van der Waals surface area contributed by atoms with Crippen molar-refractivity contribution < 1.29 is 29.3 Å². The Hall–Kier alpha value is -1.14. The topological polar surface area (TPSA) is 93.1 Å². The van der Waals surface area contributed by atoms with Crippen LogP contribution in [0.2, 0.25) is 0 Å². The molecule has 0 rings (SSSR count). The van der Waals surface area contributed by atoms with E-state index in [1.807, 2.05) is 0 Å². The molecule has 0 saturated heterocycles. The van der Waals surface area contributed by atoms with Crippen molar-refractivity contribution in [1.82, 2.24) is 0 Å². The molecule has 0 aromatic rings. The summed E-state index contributed by atoms with van der Waals surface area (Å²) in [4.78, 5) is 21.0. The Morgan fingerprint density at radius 2 is 1.35 bits per heavy atom. The van der Waals surface area contributed by atoms with Gasteiger partial charge in [-0.2, -0.15) is 0 Å². The van der Waals surface area contributed by atoms with E-state index in [1.165, 1.54) is 34.8 Å². The Morgan fingerprint density at radius 3 is 1.41 bits per heavy atom. The van der Waals surface area contributed by atoms with Crippen molar-refractivity contribution in [2.45, 2.75) is 45.8 Å². The summed E-state index contributed by atoms with van der Waals surface area (Å²) in [5.74, 6) is -1.19. The lowest BCUT2D eigenvalue weighted by molar-refractivity contribution is -0.161. The predicted molar refractivity (Wildman–Crippen MR) is 61.2 cm³/mol. The molecule has 0 aromatic carbocycles. The average Bonchev–Trinajstić information content (AvgIpc) is 2.15. The van der Waals surface area contributed by atoms with Gasteiger partial charge in [0.05, 0.1) is 13.7 Å². The summed E-state index contributed by atoms with van der Waals surface area (Å²) in [6.45, 7) is 7.54. The van der Waals surface area contributed by atoms with Crippen LogP contribution < -0.4 is 0 Å². The first kappa shape index (κ1) is 18.2. The first-order valence-electron chi connectivity index (χ1n) is 5.17. The zero-order valence-corrected chi connectivity index (χ0v) is 11.2. The van der Waals surface area contributed by atoms with E-state index in [0.29, 0.717) is 6.61 Å². The van der Waals surface area contributed by atoms with Crippen molar-refractivity contribution in [2.75, 3.05) is 13.7 Å². The fourth-order valence-corrected chi connectivity index (χ4v) is 0.557. The molecule has 0 spiro atoms. The van der Waals surface area contributed by atoms with Crippen molar-refractivity contribution in [2.24, 2.45) is 0 Å². The molecule has 0 atom stereocenters. The van der Waals surface area contributed by atoms with E-state index in [4.69, 9.17) is 10.2 Å². The van der Waals surface area contributed by atoms with Crippen molar-refractivity contribution >= 4 is 11.9 Å². The van der Waals surface area contributed by atoms with Gasteiger partial charge in [0.15, 0.2) is 11.2 Å². The molecule has 0 heterocycles. The van der Waals surface area contributed by atoms with Crippen molar-refractivity contribution in [3.05, 3.63) is 0 Å². The van der Waals surface area contributed by atoms with Crippen LogP contribution in [0.25, 0.3) is 0 Å². The molecule has 0 unspecified atom stereocenters. The molecule has 0 aliphatic heterocycles. The molecule has 0 aromatic heterocycles. The zero-order chi connectivity index (χ0) is 14.3. The Bertz CT molecular complexity index is 246. The Morgan fingerprint density at radius 1 is 1.00 bits per heavy atom. The van der Waals surface area contributed by atoms with Gasteiger partial charge >= 0.3 is 11.9 Å². The molecule has 6 heteroatoms. The molecule has 0 radical (unpaired) electrons. The minimum Gasteiger partial charge on any atom is -0.467 e. The molecule has 0 saturated carbocycles. The minimum atomic E-state index is -1.35. The molecule has 0 aliphatic rings. The summed E-state index contributed by atoms with van der Waals surface area (Å²) in [6.07, 6.45) is 0. The highest BCUT2D eigenvalue weighted by Crippen LogP contribution is 2.02. The van der Waals surface area contributed by atoms with E-state index < -0.39 is 23.1 Å². The van der Waals surface area contributed by atoms with Crippen LogP contribution in [-0.2, 0) is 19.1 Å². The normalized spacial score (nSPS) is 11.1. The first-order valence-corrected chi connectivity index (χ1v) is 5.17. The number of carbonyl (C=O) groups excluding carboxylic acids is 2. The van der Waals surface area contributed by atoms with Crippen LogP contribution in [0.15, 0.2) is 0 Å². The lowest BCUT2D eigenvalue weighted by Crippen LogP contribution is -2.32. The third-order valence-electron chi connectivity index (χ3n) is 1.46. The number of rotatable bonds is 3. The number of carbonyl (C=O) groups is 2.